The Hall–Kier alpha value is -3.11. The monoisotopic (exact) mass is 472 g/mol. The smallest absolute Gasteiger partial charge is 0.124 e. The summed E-state index contributed by atoms with van der Waals surface area (Å²) in [6.45, 7) is 10.4. The molecule has 0 bridgehead atoms. The molecular weight excluding hydrogens is 436 g/mol. The molecule has 1 fully saturated rings. The number of aryl methyl sites for hydroxylation is 3. The van der Waals surface area contributed by atoms with Crippen LogP contribution in [-0.2, 0) is 16.1 Å². The van der Waals surface area contributed by atoms with Crippen LogP contribution in [0.3, 0.4) is 0 Å². The van der Waals surface area contributed by atoms with Crippen molar-refractivity contribution in [1.82, 2.24) is 0 Å². The number of carbonyl (C=O) groups excluding carboxylic acids is 1. The van der Waals surface area contributed by atoms with Gasteiger partial charge in [0, 0.05) is 12.8 Å². The summed E-state index contributed by atoms with van der Waals surface area (Å²) in [5.41, 5.74) is 8.34. The first kappa shape index (κ1) is 25.0. The lowest BCUT2D eigenvalue weighted by atomic mass is 9.90. The second kappa shape index (κ2) is 11.5. The van der Waals surface area contributed by atoms with Gasteiger partial charge in [0.1, 0.15) is 30.5 Å². The fraction of sp³-hybridized carbons (Fsp3) is 0.387. The molecular formula is C31H36O4. The minimum absolute atomic E-state index is 0.149. The largest absolute Gasteiger partial charge is 0.489 e. The van der Waals surface area contributed by atoms with Gasteiger partial charge in [0.2, 0.25) is 0 Å². The minimum atomic E-state index is 0.149. The summed E-state index contributed by atoms with van der Waals surface area (Å²) >= 11 is 0. The Kier molecular flexibility index (Phi) is 8.25. The van der Waals surface area contributed by atoms with E-state index < -0.39 is 0 Å². The van der Waals surface area contributed by atoms with Crippen molar-refractivity contribution < 1.29 is 19.0 Å². The van der Waals surface area contributed by atoms with Crippen LogP contribution in [0, 0.1) is 20.8 Å². The Morgan fingerprint density at radius 3 is 2.43 bits per heavy atom. The first-order valence-corrected chi connectivity index (χ1v) is 12.6. The molecule has 3 aromatic rings. The summed E-state index contributed by atoms with van der Waals surface area (Å²) in [5, 5.41) is 0. The molecule has 2 unspecified atom stereocenters. The van der Waals surface area contributed by atoms with E-state index in [0.717, 1.165) is 42.8 Å². The Morgan fingerprint density at radius 1 is 1.00 bits per heavy atom. The van der Waals surface area contributed by atoms with Gasteiger partial charge in [0.15, 0.2) is 0 Å². The topological polar surface area (TPSA) is 44.8 Å². The molecule has 3 aromatic carbocycles. The van der Waals surface area contributed by atoms with Crippen LogP contribution in [0.25, 0.3) is 11.1 Å². The highest BCUT2D eigenvalue weighted by molar-refractivity contribution is 5.72. The van der Waals surface area contributed by atoms with Crippen molar-refractivity contribution in [3.05, 3.63) is 82.4 Å². The average Bonchev–Trinajstić information content (AvgIpc) is 3.34. The van der Waals surface area contributed by atoms with Gasteiger partial charge in [0.05, 0.1) is 13.2 Å². The van der Waals surface area contributed by atoms with E-state index in [-0.39, 0.29) is 12.0 Å². The van der Waals surface area contributed by atoms with Crippen molar-refractivity contribution in [3.8, 4) is 22.6 Å². The van der Waals surface area contributed by atoms with E-state index in [1.165, 1.54) is 33.4 Å². The summed E-state index contributed by atoms with van der Waals surface area (Å²) in [4.78, 5) is 11.0. The Balaban J connectivity index is 1.47. The Bertz CT molecular complexity index is 1140. The van der Waals surface area contributed by atoms with Gasteiger partial charge >= 0.3 is 0 Å². The second-order valence-corrected chi connectivity index (χ2v) is 9.55. The molecule has 0 radical (unpaired) electrons. The molecule has 0 aromatic heterocycles. The van der Waals surface area contributed by atoms with Crippen molar-refractivity contribution >= 4 is 6.29 Å². The summed E-state index contributed by atoms with van der Waals surface area (Å²) in [7, 11) is 0. The van der Waals surface area contributed by atoms with Gasteiger partial charge < -0.3 is 19.0 Å². The van der Waals surface area contributed by atoms with Gasteiger partial charge in [-0.15, -0.1) is 0 Å². The molecule has 1 aliphatic rings. The lowest BCUT2D eigenvalue weighted by molar-refractivity contribution is -0.108. The zero-order valence-electron chi connectivity index (χ0n) is 21.3. The number of aldehydes is 1. The number of carbonyl (C=O) groups is 1. The lowest BCUT2D eigenvalue weighted by Gasteiger charge is -2.18. The normalized spacial score (nSPS) is 16.2. The standard InChI is InChI=1S/C31H36O4/c1-5-25(11-13-32)30-10-9-27(15-21(30)2)34-19-24-7-6-8-26(18-24)31-22(3)16-29(17-23(31)4)35-28-12-14-33-20-28/h6-10,13,15-18,25,28H,5,11-12,14,19-20H2,1-4H3. The van der Waals surface area contributed by atoms with Crippen LogP contribution in [-0.4, -0.2) is 25.6 Å². The molecule has 4 heteroatoms. The van der Waals surface area contributed by atoms with Gasteiger partial charge in [-0.25, -0.2) is 0 Å². The molecule has 0 N–H and O–H groups in total. The molecule has 0 amide bonds. The first-order chi connectivity index (χ1) is 17.0. The highest BCUT2D eigenvalue weighted by Gasteiger charge is 2.18. The maximum Gasteiger partial charge on any atom is 0.124 e. The SMILES string of the molecule is CCC(CC=O)c1ccc(OCc2cccc(-c3c(C)cc(OC4CCOC4)cc3C)c2)cc1C. The average molecular weight is 473 g/mol. The van der Waals surface area contributed by atoms with E-state index in [4.69, 9.17) is 14.2 Å². The zero-order chi connectivity index (χ0) is 24.8. The van der Waals surface area contributed by atoms with Gasteiger partial charge in [-0.2, -0.15) is 0 Å². The van der Waals surface area contributed by atoms with Gasteiger partial charge in [0.25, 0.3) is 0 Å². The molecule has 0 spiro atoms. The summed E-state index contributed by atoms with van der Waals surface area (Å²) in [6, 6.07) is 19.0. The van der Waals surface area contributed by atoms with Crippen molar-refractivity contribution in [3.63, 3.8) is 0 Å². The third-order valence-electron chi connectivity index (χ3n) is 6.87. The highest BCUT2D eigenvalue weighted by Crippen LogP contribution is 2.33. The number of ether oxygens (including phenoxy) is 3. The minimum Gasteiger partial charge on any atom is -0.489 e. The number of hydrogen-bond acceptors (Lipinski definition) is 4. The lowest BCUT2D eigenvalue weighted by Crippen LogP contribution is -2.15. The van der Waals surface area contributed by atoms with Gasteiger partial charge in [-0.05, 0) is 102 Å². The molecule has 1 heterocycles. The van der Waals surface area contributed by atoms with Crippen molar-refractivity contribution in [2.24, 2.45) is 0 Å². The zero-order valence-corrected chi connectivity index (χ0v) is 21.3. The van der Waals surface area contributed by atoms with Crippen LogP contribution in [0.2, 0.25) is 0 Å². The molecule has 184 valence electrons. The van der Waals surface area contributed by atoms with Gasteiger partial charge in [-0.3, -0.25) is 0 Å². The molecule has 1 saturated heterocycles. The molecule has 0 aliphatic carbocycles. The van der Waals surface area contributed by atoms with Crippen LogP contribution in [0.4, 0.5) is 0 Å². The van der Waals surface area contributed by atoms with Crippen molar-refractivity contribution in [1.29, 1.82) is 0 Å². The van der Waals surface area contributed by atoms with E-state index in [0.29, 0.717) is 19.6 Å². The van der Waals surface area contributed by atoms with Crippen LogP contribution >= 0.6 is 0 Å². The fourth-order valence-corrected chi connectivity index (χ4v) is 5.05. The van der Waals surface area contributed by atoms with Crippen LogP contribution < -0.4 is 9.47 Å². The number of benzene rings is 3. The molecule has 4 nitrogen and oxygen atoms in total. The molecule has 2 atom stereocenters. The van der Waals surface area contributed by atoms with Crippen molar-refractivity contribution in [2.75, 3.05) is 13.2 Å². The first-order valence-electron chi connectivity index (χ1n) is 12.6. The van der Waals surface area contributed by atoms with Crippen LogP contribution in [0.15, 0.2) is 54.6 Å². The third-order valence-corrected chi connectivity index (χ3v) is 6.87. The van der Waals surface area contributed by atoms with E-state index in [1.54, 1.807) is 0 Å². The quantitative estimate of drug-likeness (QED) is 0.295. The van der Waals surface area contributed by atoms with Crippen LogP contribution in [0.1, 0.15) is 59.9 Å². The summed E-state index contributed by atoms with van der Waals surface area (Å²) in [5.74, 6) is 2.03. The maximum atomic E-state index is 11.0. The summed E-state index contributed by atoms with van der Waals surface area (Å²) < 4.78 is 17.7. The van der Waals surface area contributed by atoms with Crippen molar-refractivity contribution in [2.45, 2.75) is 65.6 Å². The summed E-state index contributed by atoms with van der Waals surface area (Å²) in [6.07, 6.45) is 3.62. The van der Waals surface area contributed by atoms with E-state index in [1.807, 2.05) is 6.07 Å². The van der Waals surface area contributed by atoms with E-state index in [2.05, 4.69) is 76.2 Å². The third kappa shape index (κ3) is 6.12. The predicted octanol–water partition coefficient (Wildman–Crippen LogP) is 7.11. The number of hydrogen-bond donors (Lipinski definition) is 0. The number of rotatable bonds is 10. The maximum absolute atomic E-state index is 11.0. The van der Waals surface area contributed by atoms with Gasteiger partial charge in [-0.1, -0.05) is 31.2 Å². The Labute approximate surface area is 209 Å². The molecule has 35 heavy (non-hydrogen) atoms. The molecule has 0 saturated carbocycles. The fourth-order valence-electron chi connectivity index (χ4n) is 5.05. The molecule has 4 rings (SSSR count). The Morgan fingerprint density at radius 2 is 1.77 bits per heavy atom. The second-order valence-electron chi connectivity index (χ2n) is 9.55. The highest BCUT2D eigenvalue weighted by atomic mass is 16.5. The van der Waals surface area contributed by atoms with Crippen LogP contribution in [0.5, 0.6) is 11.5 Å². The van der Waals surface area contributed by atoms with E-state index in [9.17, 15) is 4.79 Å². The predicted molar refractivity (Wildman–Crippen MR) is 140 cm³/mol. The van der Waals surface area contributed by atoms with E-state index >= 15 is 0 Å². The molecule has 1 aliphatic heterocycles.